The van der Waals surface area contributed by atoms with Crippen molar-refractivity contribution in [1.29, 1.82) is 0 Å². The molecule has 29 heavy (non-hydrogen) atoms. The van der Waals surface area contributed by atoms with E-state index in [1.165, 1.54) is 20.2 Å². The number of rotatable bonds is 8. The molecule has 0 aliphatic rings. The quantitative estimate of drug-likeness (QED) is 0.606. The normalized spacial score (nSPS) is 10.6. The molecule has 0 atom stereocenters. The number of ether oxygens (including phenoxy) is 1. The molecule has 9 heteroatoms. The molecule has 3 rings (SSSR count). The average Bonchev–Trinajstić information content (AvgIpc) is 3.21. The van der Waals surface area contributed by atoms with E-state index in [-0.39, 0.29) is 11.7 Å². The van der Waals surface area contributed by atoms with Crippen LogP contribution in [-0.4, -0.2) is 39.8 Å². The fourth-order valence-electron chi connectivity index (χ4n) is 2.82. The number of halogens is 1. The number of carbonyl (C=O) groups excluding carboxylic acids is 1. The van der Waals surface area contributed by atoms with Gasteiger partial charge in [0.25, 0.3) is 5.91 Å². The highest BCUT2D eigenvalue weighted by atomic mass is 19.1. The van der Waals surface area contributed by atoms with E-state index in [4.69, 9.17) is 4.74 Å². The molecular formula is C20H23FN6O2. The van der Waals surface area contributed by atoms with E-state index < -0.39 is 5.82 Å². The summed E-state index contributed by atoms with van der Waals surface area (Å²) < 4.78 is 21.4. The van der Waals surface area contributed by atoms with Crippen LogP contribution in [0.15, 0.2) is 36.9 Å². The van der Waals surface area contributed by atoms with Gasteiger partial charge in [-0.15, -0.1) is 0 Å². The molecule has 0 fully saturated rings. The predicted octanol–water partition coefficient (Wildman–Crippen LogP) is 2.73. The number of nitrogens with zero attached hydrogens (tertiary/aromatic N) is 4. The zero-order chi connectivity index (χ0) is 20.8. The van der Waals surface area contributed by atoms with Crippen molar-refractivity contribution in [3.8, 4) is 5.75 Å². The first-order valence-corrected chi connectivity index (χ1v) is 9.23. The van der Waals surface area contributed by atoms with E-state index in [9.17, 15) is 9.18 Å². The van der Waals surface area contributed by atoms with Gasteiger partial charge >= 0.3 is 0 Å². The van der Waals surface area contributed by atoms with Crippen molar-refractivity contribution in [3.63, 3.8) is 0 Å². The minimum Gasteiger partial charge on any atom is -0.494 e. The number of anilines is 2. The van der Waals surface area contributed by atoms with Crippen molar-refractivity contribution in [3.05, 3.63) is 59.4 Å². The van der Waals surface area contributed by atoms with Crippen molar-refractivity contribution in [2.45, 2.75) is 26.3 Å². The lowest BCUT2D eigenvalue weighted by molar-refractivity contribution is 0.0962. The SMILES string of the molecule is CCn1cc(Nc2ncc(CCc3cc(C(=O)NC)cc(OC)c3F)cn2)cn1. The molecule has 3 aromatic rings. The Kier molecular flexibility index (Phi) is 6.38. The van der Waals surface area contributed by atoms with Crippen molar-refractivity contribution in [2.24, 2.45) is 0 Å². The van der Waals surface area contributed by atoms with Crippen LogP contribution >= 0.6 is 0 Å². The largest absolute Gasteiger partial charge is 0.494 e. The summed E-state index contributed by atoms with van der Waals surface area (Å²) in [6, 6.07) is 2.93. The highest BCUT2D eigenvalue weighted by Crippen LogP contribution is 2.24. The Hall–Kier alpha value is -3.49. The Morgan fingerprint density at radius 1 is 1.21 bits per heavy atom. The number of amides is 1. The molecule has 152 valence electrons. The lowest BCUT2D eigenvalue weighted by Crippen LogP contribution is -2.18. The van der Waals surface area contributed by atoms with Crippen LogP contribution in [0.1, 0.15) is 28.4 Å². The summed E-state index contributed by atoms with van der Waals surface area (Å²) in [5.41, 5.74) is 2.41. The molecule has 0 bridgehead atoms. The molecule has 1 aromatic carbocycles. The van der Waals surface area contributed by atoms with E-state index >= 15 is 0 Å². The number of hydrogen-bond acceptors (Lipinski definition) is 6. The summed E-state index contributed by atoms with van der Waals surface area (Å²) in [6.45, 7) is 2.79. The molecule has 0 aliphatic carbocycles. The standard InChI is InChI=1S/C20H23FN6O2/c1-4-27-12-16(11-25-27)26-20-23-9-13(10-24-20)5-6-14-7-15(19(28)22-2)8-17(29-3)18(14)21/h7-12H,4-6H2,1-3H3,(H,22,28)(H,23,24,26). The Labute approximate surface area is 168 Å². The zero-order valence-electron chi connectivity index (χ0n) is 16.6. The summed E-state index contributed by atoms with van der Waals surface area (Å²) in [6.07, 6.45) is 7.86. The fourth-order valence-corrected chi connectivity index (χ4v) is 2.82. The maximum Gasteiger partial charge on any atom is 0.251 e. The van der Waals surface area contributed by atoms with Crippen LogP contribution in [0.5, 0.6) is 5.75 Å². The average molecular weight is 398 g/mol. The summed E-state index contributed by atoms with van der Waals surface area (Å²) in [5.74, 6) is -0.259. The number of hydrogen-bond donors (Lipinski definition) is 2. The second-order valence-corrected chi connectivity index (χ2v) is 6.36. The fraction of sp³-hybridized carbons (Fsp3) is 0.300. The number of methoxy groups -OCH3 is 1. The lowest BCUT2D eigenvalue weighted by atomic mass is 10.0. The molecule has 2 heterocycles. The van der Waals surface area contributed by atoms with E-state index in [0.717, 1.165) is 17.8 Å². The van der Waals surface area contributed by atoms with Gasteiger partial charge < -0.3 is 15.4 Å². The summed E-state index contributed by atoms with van der Waals surface area (Å²) in [7, 11) is 2.90. The molecule has 2 aromatic heterocycles. The van der Waals surface area contributed by atoms with E-state index in [2.05, 4.69) is 25.7 Å². The monoisotopic (exact) mass is 398 g/mol. The van der Waals surface area contributed by atoms with Gasteiger partial charge in [0.2, 0.25) is 5.95 Å². The third-order valence-corrected chi connectivity index (χ3v) is 4.43. The van der Waals surface area contributed by atoms with Gasteiger partial charge in [0.05, 0.1) is 19.0 Å². The number of nitrogens with one attached hydrogen (secondary N) is 2. The number of aromatic nitrogens is 4. The Morgan fingerprint density at radius 3 is 2.59 bits per heavy atom. The Balaban J connectivity index is 1.68. The van der Waals surface area contributed by atoms with Crippen LogP contribution in [-0.2, 0) is 19.4 Å². The van der Waals surface area contributed by atoms with Gasteiger partial charge in [-0.1, -0.05) is 0 Å². The topological polar surface area (TPSA) is 94.0 Å². The van der Waals surface area contributed by atoms with Crippen molar-refractivity contribution >= 4 is 17.5 Å². The Morgan fingerprint density at radius 2 is 1.97 bits per heavy atom. The number of benzene rings is 1. The third-order valence-electron chi connectivity index (χ3n) is 4.43. The smallest absolute Gasteiger partial charge is 0.251 e. The number of aryl methyl sites for hydroxylation is 3. The molecule has 8 nitrogen and oxygen atoms in total. The van der Waals surface area contributed by atoms with Crippen molar-refractivity contribution in [1.82, 2.24) is 25.1 Å². The highest BCUT2D eigenvalue weighted by molar-refractivity contribution is 5.94. The van der Waals surface area contributed by atoms with Crippen molar-refractivity contribution in [2.75, 3.05) is 19.5 Å². The minimum atomic E-state index is -0.465. The van der Waals surface area contributed by atoms with E-state index in [0.29, 0.717) is 29.9 Å². The molecule has 1 amide bonds. The Bertz CT molecular complexity index is 987. The first-order chi connectivity index (χ1) is 14.0. The molecule has 0 unspecified atom stereocenters. The number of carbonyl (C=O) groups is 1. The van der Waals surface area contributed by atoms with Crippen molar-refractivity contribution < 1.29 is 13.9 Å². The van der Waals surface area contributed by atoms with Crippen LogP contribution < -0.4 is 15.4 Å². The van der Waals surface area contributed by atoms with Crippen LogP contribution in [0.3, 0.4) is 0 Å². The van der Waals surface area contributed by atoms with Gasteiger partial charge in [-0.25, -0.2) is 14.4 Å². The van der Waals surface area contributed by atoms with Gasteiger partial charge in [-0.2, -0.15) is 5.10 Å². The molecule has 0 saturated carbocycles. The van der Waals surface area contributed by atoms with E-state index in [1.54, 1.807) is 29.3 Å². The van der Waals surface area contributed by atoms with E-state index in [1.807, 2.05) is 13.1 Å². The molecule has 0 aliphatic heterocycles. The molecule has 0 spiro atoms. The third kappa shape index (κ3) is 4.87. The minimum absolute atomic E-state index is 0.0459. The van der Waals surface area contributed by atoms with Gasteiger partial charge in [-0.05, 0) is 43.0 Å². The predicted molar refractivity (Wildman–Crippen MR) is 107 cm³/mol. The van der Waals surface area contributed by atoms with Gasteiger partial charge in [0.1, 0.15) is 0 Å². The summed E-state index contributed by atoms with van der Waals surface area (Å²) >= 11 is 0. The molecule has 2 N–H and O–H groups in total. The lowest BCUT2D eigenvalue weighted by Gasteiger charge is -2.11. The first kappa shape index (κ1) is 20.2. The van der Waals surface area contributed by atoms with Crippen LogP contribution in [0.4, 0.5) is 16.0 Å². The zero-order valence-corrected chi connectivity index (χ0v) is 16.6. The van der Waals surface area contributed by atoms with Crippen LogP contribution in [0.25, 0.3) is 0 Å². The van der Waals surface area contributed by atoms with Crippen LogP contribution in [0, 0.1) is 5.82 Å². The first-order valence-electron chi connectivity index (χ1n) is 9.23. The molecule has 0 saturated heterocycles. The van der Waals surface area contributed by atoms with Gasteiger partial charge in [-0.3, -0.25) is 9.48 Å². The van der Waals surface area contributed by atoms with Crippen LogP contribution in [0.2, 0.25) is 0 Å². The maximum atomic E-state index is 14.6. The highest BCUT2D eigenvalue weighted by Gasteiger charge is 2.15. The maximum absolute atomic E-state index is 14.6. The molecule has 0 radical (unpaired) electrons. The van der Waals surface area contributed by atoms with Gasteiger partial charge in [0, 0.05) is 37.7 Å². The second-order valence-electron chi connectivity index (χ2n) is 6.36. The summed E-state index contributed by atoms with van der Waals surface area (Å²) in [5, 5.41) is 9.80. The second kappa shape index (κ2) is 9.13. The molecular weight excluding hydrogens is 375 g/mol. The summed E-state index contributed by atoms with van der Waals surface area (Å²) in [4.78, 5) is 20.5. The van der Waals surface area contributed by atoms with Gasteiger partial charge in [0.15, 0.2) is 11.6 Å².